The molecule has 0 spiro atoms. The first-order chi connectivity index (χ1) is 8.41. The van der Waals surface area contributed by atoms with Crippen molar-refractivity contribution in [2.75, 3.05) is 13.1 Å². The van der Waals surface area contributed by atoms with Crippen molar-refractivity contribution in [3.05, 3.63) is 29.8 Å². The number of carbonyl (C=O) groups is 1. The second-order valence-electron chi connectivity index (χ2n) is 4.02. The van der Waals surface area contributed by atoms with Crippen molar-refractivity contribution in [2.24, 2.45) is 0 Å². The van der Waals surface area contributed by atoms with Crippen molar-refractivity contribution in [3.8, 4) is 0 Å². The summed E-state index contributed by atoms with van der Waals surface area (Å²) < 4.78 is 51.4. The maximum Gasteiger partial charge on any atom is 0.246 e. The second kappa shape index (κ2) is 4.74. The maximum atomic E-state index is 13.5. The number of nitrogens with zero attached hydrogens (tertiary/aromatic N) is 1. The normalized spacial score (nSPS) is 18.0. The van der Waals surface area contributed by atoms with E-state index in [4.69, 9.17) is 0 Å². The summed E-state index contributed by atoms with van der Waals surface area (Å²) in [6.07, 6.45) is 0.254. The topological polar surface area (TPSA) is 54.5 Å². The van der Waals surface area contributed by atoms with Crippen LogP contribution in [0.2, 0.25) is 0 Å². The first-order valence-corrected chi connectivity index (χ1v) is 6.82. The van der Waals surface area contributed by atoms with Crippen molar-refractivity contribution in [1.29, 1.82) is 0 Å². The third kappa shape index (κ3) is 2.41. The molecule has 1 heterocycles. The van der Waals surface area contributed by atoms with E-state index < -0.39 is 26.6 Å². The molecule has 0 unspecified atom stereocenters. The van der Waals surface area contributed by atoms with Gasteiger partial charge in [0.1, 0.15) is 22.3 Å². The van der Waals surface area contributed by atoms with Gasteiger partial charge in [0.15, 0.2) is 0 Å². The van der Waals surface area contributed by atoms with Crippen molar-refractivity contribution >= 4 is 15.8 Å². The number of hydrogen-bond donors (Lipinski definition) is 0. The minimum absolute atomic E-state index is 0.0129. The number of sulfonamides is 1. The molecule has 1 saturated heterocycles. The van der Waals surface area contributed by atoms with Crippen LogP contribution in [0.15, 0.2) is 23.1 Å². The first-order valence-electron chi connectivity index (χ1n) is 5.38. The summed E-state index contributed by atoms with van der Waals surface area (Å²) in [5, 5.41) is 0. The lowest BCUT2D eigenvalue weighted by atomic mass is 10.1. The molecule has 18 heavy (non-hydrogen) atoms. The standard InChI is InChI=1S/C11H11F2NO3S/c12-8-1-2-11(10(13)7-8)18(16,17)14-5-3-9(15)4-6-14/h1-2,7H,3-6H2. The minimum Gasteiger partial charge on any atom is -0.300 e. The van der Waals surface area contributed by atoms with E-state index >= 15 is 0 Å². The zero-order valence-corrected chi connectivity index (χ0v) is 10.2. The SMILES string of the molecule is O=C1CCN(S(=O)(=O)c2ccc(F)cc2F)CC1. The van der Waals surface area contributed by atoms with Gasteiger partial charge in [-0.3, -0.25) is 4.79 Å². The van der Waals surface area contributed by atoms with Gasteiger partial charge < -0.3 is 0 Å². The summed E-state index contributed by atoms with van der Waals surface area (Å²) >= 11 is 0. The van der Waals surface area contributed by atoms with Gasteiger partial charge in [0, 0.05) is 32.0 Å². The number of hydrogen-bond acceptors (Lipinski definition) is 3. The Morgan fingerprint density at radius 2 is 1.72 bits per heavy atom. The number of carbonyl (C=O) groups excluding carboxylic acids is 1. The van der Waals surface area contributed by atoms with Crippen molar-refractivity contribution in [2.45, 2.75) is 17.7 Å². The lowest BCUT2D eigenvalue weighted by Gasteiger charge is -2.25. The molecule has 0 N–H and O–H groups in total. The Balaban J connectivity index is 2.33. The summed E-state index contributed by atoms with van der Waals surface area (Å²) in [5.74, 6) is -1.96. The van der Waals surface area contributed by atoms with Crippen LogP contribution < -0.4 is 0 Å². The Bertz CT molecular complexity index is 576. The molecule has 0 atom stereocenters. The average Bonchev–Trinajstić information content (AvgIpc) is 2.29. The van der Waals surface area contributed by atoms with Crippen LogP contribution in [0.1, 0.15) is 12.8 Å². The Kier molecular flexibility index (Phi) is 3.45. The molecule has 0 aromatic heterocycles. The van der Waals surface area contributed by atoms with E-state index in [0.29, 0.717) is 6.07 Å². The number of piperidine rings is 1. The van der Waals surface area contributed by atoms with Crippen molar-refractivity contribution in [3.63, 3.8) is 0 Å². The summed E-state index contributed by atoms with van der Waals surface area (Å²) in [4.78, 5) is 10.5. The van der Waals surface area contributed by atoms with Gasteiger partial charge in [-0.15, -0.1) is 0 Å². The van der Waals surface area contributed by atoms with E-state index in [1.54, 1.807) is 0 Å². The highest BCUT2D eigenvalue weighted by Gasteiger charge is 2.30. The van der Waals surface area contributed by atoms with Gasteiger partial charge in [-0.05, 0) is 12.1 Å². The van der Waals surface area contributed by atoms with Gasteiger partial charge in [0.25, 0.3) is 0 Å². The highest BCUT2D eigenvalue weighted by molar-refractivity contribution is 7.89. The molecule has 2 rings (SSSR count). The molecule has 1 aromatic rings. The van der Waals surface area contributed by atoms with Crippen LogP contribution >= 0.6 is 0 Å². The van der Waals surface area contributed by atoms with Crippen LogP contribution in [0.3, 0.4) is 0 Å². The van der Waals surface area contributed by atoms with Gasteiger partial charge in [-0.25, -0.2) is 17.2 Å². The lowest BCUT2D eigenvalue weighted by Crippen LogP contribution is -2.38. The van der Waals surface area contributed by atoms with Crippen LogP contribution in [0.4, 0.5) is 8.78 Å². The molecule has 1 aliphatic heterocycles. The molecule has 0 saturated carbocycles. The lowest BCUT2D eigenvalue weighted by molar-refractivity contribution is -0.120. The predicted octanol–water partition coefficient (Wildman–Crippen LogP) is 1.32. The number of ketones is 1. The van der Waals surface area contributed by atoms with E-state index in [0.717, 1.165) is 16.4 Å². The fourth-order valence-corrected chi connectivity index (χ4v) is 3.29. The summed E-state index contributed by atoms with van der Waals surface area (Å²) in [6, 6.07) is 2.32. The fourth-order valence-electron chi connectivity index (χ4n) is 1.80. The molecule has 4 nitrogen and oxygen atoms in total. The number of Topliss-reactive ketones (excluding diaryl/α,β-unsaturated/α-hetero) is 1. The van der Waals surface area contributed by atoms with Crippen LogP contribution in [-0.2, 0) is 14.8 Å². The first kappa shape index (κ1) is 13.1. The van der Waals surface area contributed by atoms with E-state index in [2.05, 4.69) is 0 Å². The van der Waals surface area contributed by atoms with Gasteiger partial charge >= 0.3 is 0 Å². The molecular formula is C11H11F2NO3S. The highest BCUT2D eigenvalue weighted by Crippen LogP contribution is 2.22. The van der Waals surface area contributed by atoms with E-state index in [-0.39, 0.29) is 31.7 Å². The molecule has 1 aromatic carbocycles. The quantitative estimate of drug-likeness (QED) is 0.818. The summed E-state index contributed by atoms with van der Waals surface area (Å²) in [6.45, 7) is 0.0793. The van der Waals surface area contributed by atoms with E-state index in [1.165, 1.54) is 0 Å². The monoisotopic (exact) mass is 275 g/mol. The average molecular weight is 275 g/mol. The van der Waals surface area contributed by atoms with Crippen LogP contribution in [0.5, 0.6) is 0 Å². The molecule has 0 amide bonds. The van der Waals surface area contributed by atoms with Crippen molar-refractivity contribution in [1.82, 2.24) is 4.31 Å². The van der Waals surface area contributed by atoms with Gasteiger partial charge in [-0.1, -0.05) is 0 Å². The zero-order chi connectivity index (χ0) is 13.3. The van der Waals surface area contributed by atoms with Gasteiger partial charge in [-0.2, -0.15) is 4.31 Å². The highest BCUT2D eigenvalue weighted by atomic mass is 32.2. The number of halogens is 2. The van der Waals surface area contributed by atoms with Crippen LogP contribution in [0, 0.1) is 11.6 Å². The Labute approximate surface area is 103 Å². The van der Waals surface area contributed by atoms with E-state index in [9.17, 15) is 22.0 Å². The summed E-state index contributed by atoms with van der Waals surface area (Å²) in [7, 11) is -3.99. The fraction of sp³-hybridized carbons (Fsp3) is 0.364. The Morgan fingerprint density at radius 3 is 2.28 bits per heavy atom. The van der Waals surface area contributed by atoms with Crippen molar-refractivity contribution < 1.29 is 22.0 Å². The minimum atomic E-state index is -3.99. The largest absolute Gasteiger partial charge is 0.300 e. The molecule has 1 aliphatic rings. The Morgan fingerprint density at radius 1 is 1.11 bits per heavy atom. The third-order valence-corrected chi connectivity index (χ3v) is 4.72. The van der Waals surface area contributed by atoms with Gasteiger partial charge in [0.05, 0.1) is 0 Å². The maximum absolute atomic E-state index is 13.5. The number of benzene rings is 1. The van der Waals surface area contributed by atoms with Crippen LogP contribution in [0.25, 0.3) is 0 Å². The van der Waals surface area contributed by atoms with Crippen LogP contribution in [-0.4, -0.2) is 31.6 Å². The molecule has 7 heteroatoms. The third-order valence-electron chi connectivity index (χ3n) is 2.79. The number of rotatable bonds is 2. The second-order valence-corrected chi connectivity index (χ2v) is 5.92. The molecule has 0 bridgehead atoms. The van der Waals surface area contributed by atoms with Gasteiger partial charge in [0.2, 0.25) is 10.0 Å². The molecule has 0 radical (unpaired) electrons. The predicted molar refractivity (Wildman–Crippen MR) is 59.4 cm³/mol. The molecule has 98 valence electrons. The molecular weight excluding hydrogens is 264 g/mol. The molecule has 0 aliphatic carbocycles. The smallest absolute Gasteiger partial charge is 0.246 e. The van der Waals surface area contributed by atoms with E-state index in [1.807, 2.05) is 0 Å². The Hall–Kier alpha value is -1.34. The molecule has 1 fully saturated rings. The zero-order valence-electron chi connectivity index (χ0n) is 9.40. The summed E-state index contributed by atoms with van der Waals surface area (Å²) in [5.41, 5.74) is 0.